The predicted molar refractivity (Wildman–Crippen MR) is 74.3 cm³/mol. The van der Waals surface area contributed by atoms with E-state index in [-0.39, 0.29) is 11.8 Å². The molecule has 1 atom stereocenters. The lowest BCUT2D eigenvalue weighted by Gasteiger charge is -2.29. The van der Waals surface area contributed by atoms with Crippen molar-refractivity contribution >= 4 is 15.7 Å². The average molecular weight is 268 g/mol. The van der Waals surface area contributed by atoms with Crippen molar-refractivity contribution in [3.05, 3.63) is 29.8 Å². The summed E-state index contributed by atoms with van der Waals surface area (Å²) in [5.74, 6) is 0.263. The summed E-state index contributed by atoms with van der Waals surface area (Å²) in [6.07, 6.45) is 1.70. The van der Waals surface area contributed by atoms with Gasteiger partial charge in [0.15, 0.2) is 0 Å². The van der Waals surface area contributed by atoms with E-state index < -0.39 is 10.0 Å². The molecule has 1 unspecified atom stereocenters. The molecule has 0 radical (unpaired) electrons. The number of sulfonamides is 1. The fraction of sp³-hybridized carbons (Fsp3) is 0.538. The van der Waals surface area contributed by atoms with Crippen LogP contribution in [-0.2, 0) is 10.0 Å². The van der Waals surface area contributed by atoms with Crippen molar-refractivity contribution in [2.75, 3.05) is 23.7 Å². The van der Waals surface area contributed by atoms with Gasteiger partial charge in [0.2, 0.25) is 10.0 Å². The topological polar surface area (TPSA) is 49.4 Å². The molecule has 2 rings (SSSR count). The lowest BCUT2D eigenvalue weighted by Crippen LogP contribution is -2.37. The summed E-state index contributed by atoms with van der Waals surface area (Å²) in [5.41, 5.74) is 1.89. The molecule has 1 saturated heterocycles. The third-order valence-corrected chi connectivity index (χ3v) is 5.31. The number of nitrogens with one attached hydrogen (secondary N) is 1. The Balaban J connectivity index is 2.33. The fourth-order valence-corrected chi connectivity index (χ4v) is 3.83. The van der Waals surface area contributed by atoms with Gasteiger partial charge in [0.25, 0.3) is 0 Å². The first-order valence-electron chi connectivity index (χ1n) is 6.32. The van der Waals surface area contributed by atoms with Crippen molar-refractivity contribution in [2.24, 2.45) is 0 Å². The summed E-state index contributed by atoms with van der Waals surface area (Å²) in [5, 5.41) is 3.16. The van der Waals surface area contributed by atoms with Crippen LogP contribution in [-0.4, -0.2) is 27.8 Å². The summed E-state index contributed by atoms with van der Waals surface area (Å²) in [7, 11) is -1.22. The zero-order chi connectivity index (χ0) is 13.2. The van der Waals surface area contributed by atoms with Crippen molar-refractivity contribution in [3.63, 3.8) is 0 Å². The molecule has 1 aliphatic rings. The first-order chi connectivity index (χ1) is 8.54. The van der Waals surface area contributed by atoms with E-state index in [1.165, 1.54) is 0 Å². The van der Waals surface area contributed by atoms with Gasteiger partial charge in [0.1, 0.15) is 0 Å². The van der Waals surface area contributed by atoms with Crippen LogP contribution in [0.1, 0.15) is 31.4 Å². The van der Waals surface area contributed by atoms with Crippen molar-refractivity contribution < 1.29 is 8.42 Å². The first kappa shape index (κ1) is 13.4. The van der Waals surface area contributed by atoms with Crippen LogP contribution < -0.4 is 9.62 Å². The number of rotatable bonds is 3. The maximum Gasteiger partial charge on any atom is 0.235 e. The highest BCUT2D eigenvalue weighted by Gasteiger charge is 2.26. The highest BCUT2D eigenvalue weighted by atomic mass is 32.2. The lowest BCUT2D eigenvalue weighted by molar-refractivity contribution is 0.574. The molecule has 0 spiro atoms. The molecule has 1 aromatic rings. The molecule has 1 aromatic carbocycles. The Morgan fingerprint density at radius 1 is 1.33 bits per heavy atom. The van der Waals surface area contributed by atoms with Crippen LogP contribution in [0.15, 0.2) is 24.3 Å². The molecule has 5 heteroatoms. The largest absolute Gasteiger partial charge is 0.313 e. The molecule has 0 aromatic heterocycles. The van der Waals surface area contributed by atoms with Crippen molar-refractivity contribution in [2.45, 2.75) is 25.8 Å². The molecule has 18 heavy (non-hydrogen) atoms. The zero-order valence-corrected chi connectivity index (χ0v) is 11.7. The van der Waals surface area contributed by atoms with Gasteiger partial charge in [0, 0.05) is 12.6 Å². The maximum atomic E-state index is 12.0. The Hall–Kier alpha value is -1.07. The molecular weight excluding hydrogens is 248 g/mol. The Kier molecular flexibility index (Phi) is 3.92. The van der Waals surface area contributed by atoms with Crippen molar-refractivity contribution in [3.8, 4) is 0 Å². The molecule has 100 valence electrons. The van der Waals surface area contributed by atoms with Crippen LogP contribution >= 0.6 is 0 Å². The minimum Gasteiger partial charge on any atom is -0.313 e. The Labute approximate surface area is 109 Å². The molecule has 1 N–H and O–H groups in total. The molecule has 1 fully saturated rings. The summed E-state index contributed by atoms with van der Waals surface area (Å²) in [6, 6.07) is 7.99. The Morgan fingerprint density at radius 3 is 2.78 bits per heavy atom. The van der Waals surface area contributed by atoms with Gasteiger partial charge < -0.3 is 5.32 Å². The van der Waals surface area contributed by atoms with Crippen molar-refractivity contribution in [1.29, 1.82) is 0 Å². The van der Waals surface area contributed by atoms with E-state index >= 15 is 0 Å². The molecule has 0 aliphatic carbocycles. The van der Waals surface area contributed by atoms with Crippen LogP contribution in [0.4, 0.5) is 5.69 Å². The third-order valence-electron chi connectivity index (χ3n) is 3.44. The zero-order valence-electron chi connectivity index (χ0n) is 10.9. The second kappa shape index (κ2) is 5.28. The van der Waals surface area contributed by atoms with Gasteiger partial charge >= 0.3 is 0 Å². The van der Waals surface area contributed by atoms with Crippen LogP contribution in [0.3, 0.4) is 0 Å². The molecule has 0 bridgehead atoms. The van der Waals surface area contributed by atoms with Gasteiger partial charge in [-0.15, -0.1) is 0 Å². The van der Waals surface area contributed by atoms with Gasteiger partial charge in [-0.2, -0.15) is 0 Å². The minimum absolute atomic E-state index is 0.220. The Bertz CT molecular complexity index is 513. The number of nitrogens with zero attached hydrogens (tertiary/aromatic N) is 1. The van der Waals surface area contributed by atoms with Crippen LogP contribution in [0.5, 0.6) is 0 Å². The maximum absolute atomic E-state index is 12.0. The SMILES string of the molecule is CNC(C)c1cccc(N2CCCCS2(=O)=O)c1. The number of anilines is 1. The smallest absolute Gasteiger partial charge is 0.235 e. The lowest BCUT2D eigenvalue weighted by atomic mass is 10.1. The summed E-state index contributed by atoms with van der Waals surface area (Å²) in [4.78, 5) is 0. The van der Waals surface area contributed by atoms with Crippen LogP contribution in [0.2, 0.25) is 0 Å². The number of hydrogen-bond donors (Lipinski definition) is 1. The van der Waals surface area contributed by atoms with E-state index in [9.17, 15) is 8.42 Å². The molecule has 1 heterocycles. The molecule has 0 saturated carbocycles. The quantitative estimate of drug-likeness (QED) is 0.911. The van der Waals surface area contributed by atoms with Crippen molar-refractivity contribution in [1.82, 2.24) is 5.32 Å². The van der Waals surface area contributed by atoms with Gasteiger partial charge in [-0.1, -0.05) is 12.1 Å². The van der Waals surface area contributed by atoms with Gasteiger partial charge in [-0.3, -0.25) is 4.31 Å². The monoisotopic (exact) mass is 268 g/mol. The highest BCUT2D eigenvalue weighted by Crippen LogP contribution is 2.26. The molecule has 1 aliphatic heterocycles. The predicted octanol–water partition coefficient (Wildman–Crippen LogP) is 1.90. The first-order valence-corrected chi connectivity index (χ1v) is 7.93. The van der Waals surface area contributed by atoms with Gasteiger partial charge in [0.05, 0.1) is 11.4 Å². The van der Waals surface area contributed by atoms with E-state index in [1.54, 1.807) is 4.31 Å². The minimum atomic E-state index is -3.11. The van der Waals surface area contributed by atoms with Gasteiger partial charge in [-0.25, -0.2) is 8.42 Å². The van der Waals surface area contributed by atoms with E-state index in [4.69, 9.17) is 0 Å². The van der Waals surface area contributed by atoms with Crippen LogP contribution in [0.25, 0.3) is 0 Å². The summed E-state index contributed by atoms with van der Waals surface area (Å²) >= 11 is 0. The normalized spacial score (nSPS) is 20.7. The number of benzene rings is 1. The van der Waals surface area contributed by atoms with E-state index in [2.05, 4.69) is 12.2 Å². The molecule has 0 amide bonds. The van der Waals surface area contributed by atoms with E-state index in [1.807, 2.05) is 31.3 Å². The second-order valence-corrected chi connectivity index (χ2v) is 6.71. The standard InChI is InChI=1S/C13H20N2O2S/c1-11(14-2)12-6-5-7-13(10-12)15-8-3-4-9-18(15,16)17/h5-7,10-11,14H,3-4,8-9H2,1-2H3. The van der Waals surface area contributed by atoms with Gasteiger partial charge in [-0.05, 0) is 44.5 Å². The summed E-state index contributed by atoms with van der Waals surface area (Å²) < 4.78 is 25.6. The highest BCUT2D eigenvalue weighted by molar-refractivity contribution is 7.92. The Morgan fingerprint density at radius 2 is 2.11 bits per heavy atom. The second-order valence-electron chi connectivity index (χ2n) is 4.70. The molecule has 4 nitrogen and oxygen atoms in total. The van der Waals surface area contributed by atoms with E-state index in [0.717, 1.165) is 24.1 Å². The average Bonchev–Trinajstić information content (AvgIpc) is 2.37. The summed E-state index contributed by atoms with van der Waals surface area (Å²) in [6.45, 7) is 2.66. The molecular formula is C13H20N2O2S. The fourth-order valence-electron chi connectivity index (χ4n) is 2.19. The third kappa shape index (κ3) is 2.67. The number of hydrogen-bond acceptors (Lipinski definition) is 3. The van der Waals surface area contributed by atoms with Crippen LogP contribution in [0, 0.1) is 0 Å². The van der Waals surface area contributed by atoms with E-state index in [0.29, 0.717) is 6.54 Å².